The van der Waals surface area contributed by atoms with Gasteiger partial charge in [0.2, 0.25) is 0 Å². The van der Waals surface area contributed by atoms with Crippen molar-refractivity contribution in [1.29, 1.82) is 0 Å². The summed E-state index contributed by atoms with van der Waals surface area (Å²) in [5, 5.41) is 10.4. The quantitative estimate of drug-likeness (QED) is 0.857. The van der Waals surface area contributed by atoms with Crippen LogP contribution in [0.1, 0.15) is 54.6 Å². The topological polar surface area (TPSA) is 53.1 Å². The molecule has 1 aromatic heterocycles. The Bertz CT molecular complexity index is 581. The maximum absolute atomic E-state index is 11.3. The highest BCUT2D eigenvalue weighted by atomic mass is 16.4. The Kier molecular flexibility index (Phi) is 3.41. The van der Waals surface area contributed by atoms with Gasteiger partial charge in [-0.3, -0.25) is 0 Å². The molecule has 3 nitrogen and oxygen atoms in total. The van der Waals surface area contributed by atoms with E-state index < -0.39 is 5.97 Å². The van der Waals surface area contributed by atoms with Gasteiger partial charge in [0.25, 0.3) is 0 Å². The first kappa shape index (κ1) is 12.7. The molecule has 0 aliphatic carbocycles. The number of hydrogen-bond acceptors (Lipinski definition) is 1. The Labute approximate surface area is 107 Å². The van der Waals surface area contributed by atoms with Crippen molar-refractivity contribution in [3.8, 4) is 0 Å². The first-order chi connectivity index (χ1) is 8.54. The van der Waals surface area contributed by atoms with Crippen molar-refractivity contribution < 1.29 is 9.90 Å². The third kappa shape index (κ3) is 2.13. The van der Waals surface area contributed by atoms with Gasteiger partial charge in [0.05, 0.1) is 11.1 Å². The second-order valence-electron chi connectivity index (χ2n) is 5.01. The van der Waals surface area contributed by atoms with Crippen LogP contribution < -0.4 is 0 Å². The largest absolute Gasteiger partial charge is 0.478 e. The summed E-state index contributed by atoms with van der Waals surface area (Å²) in [5.41, 5.74) is 3.41. The number of aromatic carboxylic acids is 1. The second kappa shape index (κ2) is 4.84. The molecule has 0 atom stereocenters. The fraction of sp³-hybridized carbons (Fsp3) is 0.400. The number of carboxylic acid groups (broad SMARTS) is 1. The van der Waals surface area contributed by atoms with E-state index >= 15 is 0 Å². The first-order valence-corrected chi connectivity index (χ1v) is 6.41. The van der Waals surface area contributed by atoms with Crippen molar-refractivity contribution in [1.82, 2.24) is 4.98 Å². The fourth-order valence-electron chi connectivity index (χ4n) is 2.29. The molecule has 0 saturated heterocycles. The lowest BCUT2D eigenvalue weighted by Crippen LogP contribution is -2.00. The van der Waals surface area contributed by atoms with Crippen LogP contribution >= 0.6 is 0 Å². The average Bonchev–Trinajstić information content (AvgIpc) is 2.71. The van der Waals surface area contributed by atoms with Crippen LogP contribution in [0.5, 0.6) is 0 Å². The molecule has 0 unspecified atom stereocenters. The highest BCUT2D eigenvalue weighted by Crippen LogP contribution is 2.28. The molecule has 96 valence electrons. The summed E-state index contributed by atoms with van der Waals surface area (Å²) in [7, 11) is 0. The normalized spacial score (nSPS) is 11.3. The van der Waals surface area contributed by atoms with Crippen LogP contribution in [0.25, 0.3) is 10.9 Å². The third-order valence-electron chi connectivity index (χ3n) is 3.31. The number of H-pyrrole nitrogens is 1. The SMILES string of the molecule is CCCc1c[nH]c2c(C(=O)O)cc(C(C)C)cc12. The maximum Gasteiger partial charge on any atom is 0.337 e. The molecule has 0 aliphatic heterocycles. The molecule has 0 spiro atoms. The molecular formula is C15H19NO2. The summed E-state index contributed by atoms with van der Waals surface area (Å²) in [4.78, 5) is 14.4. The van der Waals surface area contributed by atoms with E-state index in [4.69, 9.17) is 0 Å². The predicted molar refractivity (Wildman–Crippen MR) is 73.3 cm³/mol. The zero-order valence-corrected chi connectivity index (χ0v) is 11.1. The van der Waals surface area contributed by atoms with E-state index in [0.717, 1.165) is 29.3 Å². The number of hydrogen-bond donors (Lipinski definition) is 2. The lowest BCUT2D eigenvalue weighted by Gasteiger charge is -2.08. The summed E-state index contributed by atoms with van der Waals surface area (Å²) in [6.07, 6.45) is 3.96. The molecule has 18 heavy (non-hydrogen) atoms. The Hall–Kier alpha value is -1.77. The molecule has 2 N–H and O–H groups in total. The van der Waals surface area contributed by atoms with Crippen molar-refractivity contribution in [2.75, 3.05) is 0 Å². The molecule has 0 saturated carbocycles. The highest BCUT2D eigenvalue weighted by molar-refractivity contribution is 6.03. The number of nitrogens with one attached hydrogen (secondary N) is 1. The summed E-state index contributed by atoms with van der Waals surface area (Å²) in [6.45, 7) is 6.29. The molecule has 1 aromatic carbocycles. The Morgan fingerprint density at radius 1 is 1.39 bits per heavy atom. The van der Waals surface area contributed by atoms with Crippen molar-refractivity contribution in [2.45, 2.75) is 39.5 Å². The van der Waals surface area contributed by atoms with E-state index in [1.165, 1.54) is 5.56 Å². The molecule has 2 aromatic rings. The predicted octanol–water partition coefficient (Wildman–Crippen LogP) is 3.94. The van der Waals surface area contributed by atoms with Gasteiger partial charge >= 0.3 is 5.97 Å². The Morgan fingerprint density at radius 3 is 2.67 bits per heavy atom. The number of aryl methyl sites for hydroxylation is 1. The van der Waals surface area contributed by atoms with Gasteiger partial charge in [0, 0.05) is 11.6 Å². The molecule has 0 fully saturated rings. The average molecular weight is 245 g/mol. The second-order valence-corrected chi connectivity index (χ2v) is 5.01. The molecule has 3 heteroatoms. The number of carbonyl (C=O) groups is 1. The van der Waals surface area contributed by atoms with Crippen molar-refractivity contribution in [2.24, 2.45) is 0 Å². The molecule has 0 bridgehead atoms. The van der Waals surface area contributed by atoms with Crippen LogP contribution in [0.2, 0.25) is 0 Å². The monoisotopic (exact) mass is 245 g/mol. The number of benzene rings is 1. The Morgan fingerprint density at radius 2 is 2.11 bits per heavy atom. The number of fused-ring (bicyclic) bond motifs is 1. The van der Waals surface area contributed by atoms with Gasteiger partial charge in [-0.1, -0.05) is 27.2 Å². The summed E-state index contributed by atoms with van der Waals surface area (Å²) >= 11 is 0. The van der Waals surface area contributed by atoms with Gasteiger partial charge in [-0.25, -0.2) is 4.79 Å². The minimum atomic E-state index is -0.868. The highest BCUT2D eigenvalue weighted by Gasteiger charge is 2.15. The van der Waals surface area contributed by atoms with Crippen molar-refractivity contribution in [3.63, 3.8) is 0 Å². The molecule has 0 radical (unpaired) electrons. The van der Waals surface area contributed by atoms with Crippen LogP contribution in [-0.2, 0) is 6.42 Å². The van der Waals surface area contributed by atoms with Gasteiger partial charge in [0.15, 0.2) is 0 Å². The van der Waals surface area contributed by atoms with Crippen LogP contribution in [0.4, 0.5) is 0 Å². The van der Waals surface area contributed by atoms with Crippen LogP contribution in [0.15, 0.2) is 18.3 Å². The smallest absolute Gasteiger partial charge is 0.337 e. The van der Waals surface area contributed by atoms with Crippen molar-refractivity contribution >= 4 is 16.9 Å². The summed E-state index contributed by atoms with van der Waals surface area (Å²) in [5.74, 6) is -0.538. The van der Waals surface area contributed by atoms with Gasteiger partial charge in [0.1, 0.15) is 0 Å². The zero-order chi connectivity index (χ0) is 13.3. The zero-order valence-electron chi connectivity index (χ0n) is 11.1. The molecular weight excluding hydrogens is 226 g/mol. The number of aromatic amines is 1. The van der Waals surface area contributed by atoms with E-state index in [1.807, 2.05) is 6.20 Å². The fourth-order valence-corrected chi connectivity index (χ4v) is 2.29. The number of aromatic nitrogens is 1. The lowest BCUT2D eigenvalue weighted by molar-refractivity contribution is 0.0698. The summed E-state index contributed by atoms with van der Waals surface area (Å²) in [6, 6.07) is 3.90. The van der Waals surface area contributed by atoms with Gasteiger partial charge < -0.3 is 10.1 Å². The van der Waals surface area contributed by atoms with Gasteiger partial charge in [-0.15, -0.1) is 0 Å². The van der Waals surface area contributed by atoms with Crippen molar-refractivity contribution in [3.05, 3.63) is 35.0 Å². The minimum Gasteiger partial charge on any atom is -0.478 e. The van der Waals surface area contributed by atoms with E-state index in [0.29, 0.717) is 11.5 Å². The first-order valence-electron chi connectivity index (χ1n) is 6.41. The third-order valence-corrected chi connectivity index (χ3v) is 3.31. The lowest BCUT2D eigenvalue weighted by atomic mass is 9.96. The van der Waals surface area contributed by atoms with Gasteiger partial charge in [-0.2, -0.15) is 0 Å². The van der Waals surface area contributed by atoms with Crippen LogP contribution in [0, 0.1) is 0 Å². The number of carboxylic acids is 1. The molecule has 1 heterocycles. The number of rotatable bonds is 4. The van der Waals surface area contributed by atoms with Gasteiger partial charge in [-0.05, 0) is 35.6 Å². The summed E-state index contributed by atoms with van der Waals surface area (Å²) < 4.78 is 0. The molecule has 0 aliphatic rings. The Balaban J connectivity index is 2.71. The van der Waals surface area contributed by atoms with E-state index in [9.17, 15) is 9.90 Å². The maximum atomic E-state index is 11.3. The van der Waals surface area contributed by atoms with E-state index in [2.05, 4.69) is 31.8 Å². The van der Waals surface area contributed by atoms with E-state index in [-0.39, 0.29) is 0 Å². The van der Waals surface area contributed by atoms with Crippen LogP contribution in [0.3, 0.4) is 0 Å². The van der Waals surface area contributed by atoms with Crippen LogP contribution in [-0.4, -0.2) is 16.1 Å². The molecule has 2 rings (SSSR count). The molecule has 0 amide bonds. The standard InChI is InChI=1S/C15H19NO2/c1-4-5-10-8-16-14-12(10)6-11(9(2)3)7-13(14)15(17)18/h6-9,16H,4-5H2,1-3H3,(H,17,18). The minimum absolute atomic E-state index is 0.330. The van der Waals surface area contributed by atoms with E-state index in [1.54, 1.807) is 6.07 Å².